The van der Waals surface area contributed by atoms with Crippen molar-refractivity contribution in [3.63, 3.8) is 0 Å². The summed E-state index contributed by atoms with van der Waals surface area (Å²) in [4.78, 5) is 23.4. The van der Waals surface area contributed by atoms with Crippen molar-refractivity contribution in [2.24, 2.45) is 0 Å². The van der Waals surface area contributed by atoms with Crippen LogP contribution in [0.4, 0.5) is 0 Å². The van der Waals surface area contributed by atoms with Gasteiger partial charge in [-0.3, -0.25) is 0 Å². The maximum absolute atomic E-state index is 11.2. The predicted molar refractivity (Wildman–Crippen MR) is 46.8 cm³/mol. The number of rotatable bonds is 2. The molecule has 59 valence electrons. The van der Waals surface area contributed by atoms with Crippen molar-refractivity contribution >= 4 is 25.3 Å². The zero-order chi connectivity index (χ0) is 9.30. The number of likely N-dealkylation sites (N-methyl/N-ethyl adjacent to an activating group) is 1. The third kappa shape index (κ3) is 0.960. The number of hydrogen-bond acceptors (Lipinski definition) is 2. The molecule has 0 aromatic heterocycles. The summed E-state index contributed by atoms with van der Waals surface area (Å²) < 4.78 is 0. The van der Waals surface area contributed by atoms with Gasteiger partial charge in [0, 0.05) is 0 Å². The number of nitrogens with zero attached hydrogens (tertiary/aromatic N) is 1. The van der Waals surface area contributed by atoms with E-state index in [1.54, 1.807) is 0 Å². The van der Waals surface area contributed by atoms with E-state index in [1.807, 2.05) is 0 Å². The van der Waals surface area contributed by atoms with E-state index in [4.69, 9.17) is 7.49 Å². The molecule has 0 fully saturated rings. The van der Waals surface area contributed by atoms with Gasteiger partial charge >= 0.3 is 70.6 Å². The van der Waals surface area contributed by atoms with Crippen LogP contribution in [0.1, 0.15) is 0 Å². The van der Waals surface area contributed by atoms with Crippen molar-refractivity contribution in [2.75, 3.05) is 7.05 Å². The molecule has 1 aliphatic heterocycles. The molecule has 1 heterocycles. The predicted octanol–water partition coefficient (Wildman–Crippen LogP) is -0.562. The normalized spacial score (nSPS) is 17.2. The average molecular weight is 160 g/mol. The minimum atomic E-state index is -0.377. The Balaban J connectivity index is 3.27. The van der Waals surface area contributed by atoms with E-state index >= 15 is 0 Å². The Hall–Kier alpha value is -1.45. The van der Waals surface area contributed by atoms with E-state index in [0.29, 0.717) is 0 Å². The first kappa shape index (κ1) is 8.65. The molecule has 1 rings (SSSR count). The van der Waals surface area contributed by atoms with E-state index < -0.39 is 0 Å². The Bertz CT molecular complexity index is 287. The summed E-state index contributed by atoms with van der Waals surface area (Å²) in [6.07, 6.45) is 1.34. The molecule has 1 aliphatic rings. The summed E-state index contributed by atoms with van der Waals surface area (Å²) in [5.41, 5.74) is 0.488. The van der Waals surface area contributed by atoms with Crippen LogP contribution in [0.3, 0.4) is 0 Å². The van der Waals surface area contributed by atoms with Gasteiger partial charge in [-0.1, -0.05) is 0 Å². The first-order valence-corrected chi connectivity index (χ1v) is 3.37. The van der Waals surface area contributed by atoms with Crippen molar-refractivity contribution in [2.45, 2.75) is 0 Å². The first-order valence-electron chi connectivity index (χ1n) is 3.37. The molecule has 1 radical (unpaired) electrons. The van der Waals surface area contributed by atoms with Crippen LogP contribution >= 0.6 is 0 Å². The molecular weight excluding hydrogens is 153 g/mol. The zero-order valence-electron chi connectivity index (χ0n) is 6.70. The second-order valence-corrected chi connectivity index (χ2v) is 2.37. The van der Waals surface area contributed by atoms with Crippen molar-refractivity contribution < 1.29 is 9.59 Å². The maximum atomic E-state index is 11.2. The second kappa shape index (κ2) is 2.89. The SMILES string of the molecule is [B]=CC1=C(C=C)C(=O)N(C)C1=O. The Kier molecular flexibility index (Phi) is 2.08. The summed E-state index contributed by atoms with van der Waals surface area (Å²) in [6, 6.07) is 0. The molecule has 0 aromatic carbocycles. The molecule has 0 aromatic rings. The molecule has 0 unspecified atom stereocenters. The van der Waals surface area contributed by atoms with Crippen molar-refractivity contribution in [1.29, 1.82) is 0 Å². The fourth-order valence-electron chi connectivity index (χ4n) is 1.04. The quantitative estimate of drug-likeness (QED) is 0.401. The second-order valence-electron chi connectivity index (χ2n) is 2.37. The van der Waals surface area contributed by atoms with Gasteiger partial charge in [0.25, 0.3) is 0 Å². The van der Waals surface area contributed by atoms with Gasteiger partial charge in [0.1, 0.15) is 0 Å². The number of amides is 2. The van der Waals surface area contributed by atoms with Crippen LogP contribution in [0.15, 0.2) is 23.8 Å². The average Bonchev–Trinajstić information content (AvgIpc) is 2.29. The van der Waals surface area contributed by atoms with Crippen LogP contribution < -0.4 is 0 Å². The molecular formula is C8H7BNO2. The van der Waals surface area contributed by atoms with Gasteiger partial charge in [0.05, 0.1) is 0 Å². The summed E-state index contributed by atoms with van der Waals surface area (Å²) in [6.45, 7) is 3.43. The number of hydrogen-bond donors (Lipinski definition) is 0. The summed E-state index contributed by atoms with van der Waals surface area (Å²) in [5.74, 6) is 0.393. The number of imide groups is 1. The van der Waals surface area contributed by atoms with Gasteiger partial charge in [-0.05, 0) is 0 Å². The minimum absolute atomic E-state index is 0.220. The number of carbonyl (C=O) groups is 2. The fraction of sp³-hybridized carbons (Fsp3) is 0.125. The Morgan fingerprint density at radius 2 is 1.83 bits per heavy atom. The van der Waals surface area contributed by atoms with Crippen LogP contribution in [-0.2, 0) is 9.59 Å². The van der Waals surface area contributed by atoms with E-state index in [9.17, 15) is 9.59 Å². The first-order chi connectivity index (χ1) is 5.63. The molecule has 12 heavy (non-hydrogen) atoms. The monoisotopic (exact) mass is 160 g/mol. The van der Waals surface area contributed by atoms with Crippen molar-refractivity contribution in [3.05, 3.63) is 23.8 Å². The molecule has 0 spiro atoms. The third-order valence-corrected chi connectivity index (χ3v) is 1.73. The van der Waals surface area contributed by atoms with Crippen LogP contribution in [0.5, 0.6) is 0 Å². The molecule has 0 saturated heterocycles. The summed E-state index contributed by atoms with van der Waals surface area (Å²) >= 11 is 0. The van der Waals surface area contributed by atoms with E-state index in [1.165, 1.54) is 13.1 Å². The Labute approximate surface area is 71.4 Å². The van der Waals surface area contributed by atoms with E-state index in [0.717, 1.165) is 10.9 Å². The van der Waals surface area contributed by atoms with Gasteiger partial charge in [-0.15, -0.1) is 0 Å². The molecule has 0 atom stereocenters. The number of carbonyl (C=O) groups excluding carboxylic acids is 2. The van der Waals surface area contributed by atoms with E-state index in [2.05, 4.69) is 6.58 Å². The van der Waals surface area contributed by atoms with Crippen molar-refractivity contribution in [1.82, 2.24) is 4.90 Å². The molecule has 0 bridgehead atoms. The molecule has 0 N–H and O–H groups in total. The van der Waals surface area contributed by atoms with E-state index in [-0.39, 0.29) is 23.0 Å². The van der Waals surface area contributed by atoms with Crippen LogP contribution in [-0.4, -0.2) is 37.2 Å². The van der Waals surface area contributed by atoms with Crippen molar-refractivity contribution in [3.8, 4) is 0 Å². The van der Waals surface area contributed by atoms with Crippen LogP contribution in [0.2, 0.25) is 0 Å². The molecule has 3 nitrogen and oxygen atoms in total. The standard InChI is InChI=1S/C8H7BNO2/c1-3-5-6(4-9)8(12)10(2)7(5)11/h3-4H,1H2,2H3. The molecule has 0 aliphatic carbocycles. The summed E-state index contributed by atoms with van der Waals surface area (Å²) in [7, 11) is 6.59. The van der Waals surface area contributed by atoms with Gasteiger partial charge in [-0.2, -0.15) is 0 Å². The molecule has 4 heteroatoms. The van der Waals surface area contributed by atoms with Gasteiger partial charge in [-0.25, -0.2) is 0 Å². The third-order valence-electron chi connectivity index (χ3n) is 1.73. The zero-order valence-corrected chi connectivity index (χ0v) is 6.70. The van der Waals surface area contributed by atoms with Crippen LogP contribution in [0.25, 0.3) is 0 Å². The topological polar surface area (TPSA) is 37.4 Å². The Morgan fingerprint density at radius 3 is 2.17 bits per heavy atom. The van der Waals surface area contributed by atoms with Gasteiger partial charge in [0.2, 0.25) is 0 Å². The van der Waals surface area contributed by atoms with Gasteiger partial charge < -0.3 is 0 Å². The Morgan fingerprint density at radius 1 is 1.33 bits per heavy atom. The molecule has 2 amide bonds. The van der Waals surface area contributed by atoms with Gasteiger partial charge in [0.15, 0.2) is 0 Å². The van der Waals surface area contributed by atoms with Crippen LogP contribution in [0, 0.1) is 0 Å². The summed E-state index contributed by atoms with van der Waals surface area (Å²) in [5, 5.41) is 0. The molecule has 0 saturated carbocycles. The fourth-order valence-corrected chi connectivity index (χ4v) is 1.04.